The largest absolute Gasteiger partial charge is 0.316 e. The molecule has 0 aliphatic carbocycles. The van der Waals surface area contributed by atoms with Crippen molar-refractivity contribution in [3.63, 3.8) is 0 Å². The zero-order valence-electron chi connectivity index (χ0n) is 10.3. The number of nitrogens with one attached hydrogen (secondary N) is 1. The van der Waals surface area contributed by atoms with Crippen LogP contribution in [0.1, 0.15) is 44.6 Å². The third-order valence-electron chi connectivity index (χ3n) is 2.77. The van der Waals surface area contributed by atoms with Crippen molar-refractivity contribution in [2.45, 2.75) is 39.0 Å². The molecule has 0 spiro atoms. The van der Waals surface area contributed by atoms with E-state index in [0.717, 1.165) is 13.1 Å². The molecule has 0 bridgehead atoms. The van der Waals surface area contributed by atoms with E-state index in [1.54, 1.807) is 0 Å². The van der Waals surface area contributed by atoms with Crippen molar-refractivity contribution in [1.82, 2.24) is 5.32 Å². The highest BCUT2D eigenvalue weighted by atomic mass is 79.9. The summed E-state index contributed by atoms with van der Waals surface area (Å²) in [4.78, 5) is 0. The minimum Gasteiger partial charge on any atom is -0.316 e. The number of halogens is 1. The molecule has 0 aliphatic heterocycles. The average molecular weight is 284 g/mol. The molecule has 0 heterocycles. The molecule has 0 aliphatic rings. The second-order valence-corrected chi connectivity index (χ2v) is 5.16. The van der Waals surface area contributed by atoms with E-state index in [4.69, 9.17) is 0 Å². The predicted octanol–water partition coefficient (Wildman–Crippen LogP) is 4.33. The molecular weight excluding hydrogens is 262 g/mol. The number of rotatable bonds is 7. The van der Waals surface area contributed by atoms with Gasteiger partial charge in [-0.1, -0.05) is 48.3 Å². The summed E-state index contributed by atoms with van der Waals surface area (Å²) < 4.78 is 1.18. The molecule has 16 heavy (non-hydrogen) atoms. The first-order valence-electron chi connectivity index (χ1n) is 6.24. The summed E-state index contributed by atoms with van der Waals surface area (Å²) in [6.07, 6.45) is 3.70. The third kappa shape index (κ3) is 4.67. The van der Waals surface area contributed by atoms with Crippen molar-refractivity contribution in [3.8, 4) is 0 Å². The van der Waals surface area contributed by atoms with E-state index in [9.17, 15) is 0 Å². The molecule has 0 saturated carbocycles. The molecule has 1 aromatic carbocycles. The SMILES string of the molecule is CCCNCC(CCC)c1cccc(Br)c1. The van der Waals surface area contributed by atoms with Gasteiger partial charge in [-0.25, -0.2) is 0 Å². The fraction of sp³-hybridized carbons (Fsp3) is 0.571. The molecule has 0 fully saturated rings. The number of hydrogen-bond acceptors (Lipinski definition) is 1. The van der Waals surface area contributed by atoms with Gasteiger partial charge in [-0.05, 0) is 43.0 Å². The van der Waals surface area contributed by atoms with Crippen LogP contribution in [0.5, 0.6) is 0 Å². The third-order valence-corrected chi connectivity index (χ3v) is 3.27. The summed E-state index contributed by atoms with van der Waals surface area (Å²) in [6.45, 7) is 6.68. The first kappa shape index (κ1) is 13.7. The fourth-order valence-corrected chi connectivity index (χ4v) is 2.37. The molecule has 0 saturated heterocycles. The summed E-state index contributed by atoms with van der Waals surface area (Å²) in [5.41, 5.74) is 1.44. The Morgan fingerprint density at radius 1 is 1.25 bits per heavy atom. The monoisotopic (exact) mass is 283 g/mol. The van der Waals surface area contributed by atoms with Gasteiger partial charge in [-0.3, -0.25) is 0 Å². The molecule has 2 heteroatoms. The molecule has 0 radical (unpaired) electrons. The van der Waals surface area contributed by atoms with E-state index in [1.165, 1.54) is 29.3 Å². The minimum absolute atomic E-state index is 0.647. The van der Waals surface area contributed by atoms with Crippen molar-refractivity contribution < 1.29 is 0 Å². The van der Waals surface area contributed by atoms with Crippen LogP contribution in [0, 0.1) is 0 Å². The van der Waals surface area contributed by atoms with E-state index in [2.05, 4.69) is 59.4 Å². The van der Waals surface area contributed by atoms with Crippen LogP contribution in [-0.2, 0) is 0 Å². The maximum Gasteiger partial charge on any atom is 0.0178 e. The lowest BCUT2D eigenvalue weighted by Gasteiger charge is -2.17. The van der Waals surface area contributed by atoms with E-state index < -0.39 is 0 Å². The van der Waals surface area contributed by atoms with Gasteiger partial charge in [0.15, 0.2) is 0 Å². The maximum absolute atomic E-state index is 3.54. The van der Waals surface area contributed by atoms with E-state index in [1.807, 2.05) is 0 Å². The molecule has 1 nitrogen and oxygen atoms in total. The van der Waals surface area contributed by atoms with Crippen LogP contribution >= 0.6 is 15.9 Å². The lowest BCUT2D eigenvalue weighted by Crippen LogP contribution is -2.22. The molecule has 1 N–H and O–H groups in total. The lowest BCUT2D eigenvalue weighted by molar-refractivity contribution is 0.543. The minimum atomic E-state index is 0.647. The highest BCUT2D eigenvalue weighted by Gasteiger charge is 2.10. The van der Waals surface area contributed by atoms with Crippen molar-refractivity contribution in [2.24, 2.45) is 0 Å². The van der Waals surface area contributed by atoms with Crippen molar-refractivity contribution in [1.29, 1.82) is 0 Å². The molecule has 1 unspecified atom stereocenters. The first-order chi connectivity index (χ1) is 7.77. The molecule has 1 rings (SSSR count). The van der Waals surface area contributed by atoms with E-state index in [0.29, 0.717) is 5.92 Å². The smallest absolute Gasteiger partial charge is 0.0178 e. The van der Waals surface area contributed by atoms with E-state index in [-0.39, 0.29) is 0 Å². The lowest BCUT2D eigenvalue weighted by atomic mass is 9.94. The molecule has 90 valence electrons. The van der Waals surface area contributed by atoms with Gasteiger partial charge in [-0.15, -0.1) is 0 Å². The Morgan fingerprint density at radius 2 is 2.06 bits per heavy atom. The zero-order valence-corrected chi connectivity index (χ0v) is 11.9. The van der Waals surface area contributed by atoms with Crippen LogP contribution in [0.15, 0.2) is 28.7 Å². The van der Waals surface area contributed by atoms with E-state index >= 15 is 0 Å². The Kier molecular flexibility index (Phi) is 6.74. The Labute approximate surface area is 108 Å². The van der Waals surface area contributed by atoms with Crippen molar-refractivity contribution in [2.75, 3.05) is 13.1 Å². The van der Waals surface area contributed by atoms with Crippen molar-refractivity contribution in [3.05, 3.63) is 34.3 Å². The first-order valence-corrected chi connectivity index (χ1v) is 7.03. The normalized spacial score (nSPS) is 12.7. The quantitative estimate of drug-likeness (QED) is 0.735. The Morgan fingerprint density at radius 3 is 2.69 bits per heavy atom. The fourth-order valence-electron chi connectivity index (χ4n) is 1.95. The second-order valence-electron chi connectivity index (χ2n) is 4.24. The van der Waals surface area contributed by atoms with Crippen molar-refractivity contribution >= 4 is 15.9 Å². The molecule has 0 amide bonds. The second kappa shape index (κ2) is 7.86. The molecular formula is C14H22BrN. The molecule has 0 aromatic heterocycles. The van der Waals surface area contributed by atoms with Crippen LogP contribution in [0.2, 0.25) is 0 Å². The summed E-state index contributed by atoms with van der Waals surface area (Å²) >= 11 is 3.54. The van der Waals surface area contributed by atoms with Gasteiger partial charge < -0.3 is 5.32 Å². The highest BCUT2D eigenvalue weighted by Crippen LogP contribution is 2.23. The summed E-state index contributed by atoms with van der Waals surface area (Å²) in [5.74, 6) is 0.647. The van der Waals surface area contributed by atoms with Crippen LogP contribution in [0.3, 0.4) is 0 Å². The molecule has 1 aromatic rings. The summed E-state index contributed by atoms with van der Waals surface area (Å²) in [7, 11) is 0. The van der Waals surface area contributed by atoms with Gasteiger partial charge in [-0.2, -0.15) is 0 Å². The summed E-state index contributed by atoms with van der Waals surface area (Å²) in [6, 6.07) is 8.69. The topological polar surface area (TPSA) is 12.0 Å². The van der Waals surface area contributed by atoms with Gasteiger partial charge >= 0.3 is 0 Å². The predicted molar refractivity (Wildman–Crippen MR) is 75.0 cm³/mol. The van der Waals surface area contributed by atoms with Gasteiger partial charge in [0.05, 0.1) is 0 Å². The standard InChI is InChI=1S/C14H22BrN/c1-3-6-13(11-16-9-4-2)12-7-5-8-14(15)10-12/h5,7-8,10,13,16H,3-4,6,9,11H2,1-2H3. The molecule has 1 atom stereocenters. The van der Waals surface area contributed by atoms with Gasteiger partial charge in [0.25, 0.3) is 0 Å². The number of hydrogen-bond donors (Lipinski definition) is 1. The zero-order chi connectivity index (χ0) is 11.8. The van der Waals surface area contributed by atoms with Crippen LogP contribution < -0.4 is 5.32 Å². The van der Waals surface area contributed by atoms with Gasteiger partial charge in [0.2, 0.25) is 0 Å². The van der Waals surface area contributed by atoms with Gasteiger partial charge in [0.1, 0.15) is 0 Å². The Balaban J connectivity index is 2.61. The maximum atomic E-state index is 3.54. The highest BCUT2D eigenvalue weighted by molar-refractivity contribution is 9.10. The Hall–Kier alpha value is -0.340. The summed E-state index contributed by atoms with van der Waals surface area (Å²) in [5, 5.41) is 3.52. The number of benzene rings is 1. The van der Waals surface area contributed by atoms with Gasteiger partial charge in [0, 0.05) is 11.0 Å². The van der Waals surface area contributed by atoms with Crippen LogP contribution in [0.25, 0.3) is 0 Å². The average Bonchev–Trinajstić information content (AvgIpc) is 2.28. The van der Waals surface area contributed by atoms with Crippen LogP contribution in [-0.4, -0.2) is 13.1 Å². The van der Waals surface area contributed by atoms with Crippen LogP contribution in [0.4, 0.5) is 0 Å². The Bertz CT molecular complexity index is 299.